The summed E-state index contributed by atoms with van der Waals surface area (Å²) in [6.45, 7) is 0.862. The van der Waals surface area contributed by atoms with Crippen molar-refractivity contribution >= 4 is 23.2 Å². The van der Waals surface area contributed by atoms with E-state index < -0.39 is 5.54 Å². The molecular weight excluding hydrogens is 548 g/mol. The summed E-state index contributed by atoms with van der Waals surface area (Å²) in [7, 11) is 0. The molecule has 0 fully saturated rings. The van der Waals surface area contributed by atoms with Crippen LogP contribution in [0.15, 0.2) is 152 Å². The van der Waals surface area contributed by atoms with Crippen LogP contribution in [0, 0.1) is 0 Å². The SMILES string of the molecule is O=C(CC(NC(=S)CCNC(c1ccccc1)(c1ccccc1)c1ccccc1)c1ccccc1)OCc1ccccc1. The number of carbonyl (C=O) groups excluding carboxylic acids is 1. The molecule has 5 aromatic rings. The second-order valence-corrected chi connectivity index (χ2v) is 10.9. The number of hydrogen-bond donors (Lipinski definition) is 2. The summed E-state index contributed by atoms with van der Waals surface area (Å²) in [4.78, 5) is 13.6. The van der Waals surface area contributed by atoms with E-state index in [4.69, 9.17) is 17.0 Å². The van der Waals surface area contributed by atoms with Crippen molar-refractivity contribution in [3.63, 3.8) is 0 Å². The molecule has 1 atom stereocenters. The Morgan fingerprint density at radius 2 is 1.09 bits per heavy atom. The van der Waals surface area contributed by atoms with E-state index in [1.165, 1.54) is 0 Å². The second kappa shape index (κ2) is 15.1. The number of thiocarbonyl (C=S) groups is 1. The van der Waals surface area contributed by atoms with E-state index in [2.05, 4.69) is 83.4 Å². The van der Waals surface area contributed by atoms with E-state index in [0.717, 1.165) is 27.8 Å². The summed E-state index contributed by atoms with van der Waals surface area (Å²) < 4.78 is 5.60. The van der Waals surface area contributed by atoms with E-state index in [1.807, 2.05) is 78.9 Å². The predicted molar refractivity (Wildman–Crippen MR) is 178 cm³/mol. The largest absolute Gasteiger partial charge is 0.461 e. The first-order chi connectivity index (χ1) is 21.1. The van der Waals surface area contributed by atoms with Crippen molar-refractivity contribution in [2.45, 2.75) is 31.0 Å². The third-order valence-corrected chi connectivity index (χ3v) is 7.84. The first kappa shape index (κ1) is 29.9. The molecule has 0 heterocycles. The van der Waals surface area contributed by atoms with Crippen LogP contribution in [-0.2, 0) is 21.7 Å². The van der Waals surface area contributed by atoms with Crippen LogP contribution in [0.5, 0.6) is 0 Å². The smallest absolute Gasteiger partial charge is 0.308 e. The van der Waals surface area contributed by atoms with Crippen LogP contribution < -0.4 is 10.6 Å². The van der Waals surface area contributed by atoms with Crippen LogP contribution in [-0.4, -0.2) is 17.5 Å². The Bertz CT molecular complexity index is 1470. The van der Waals surface area contributed by atoms with Crippen molar-refractivity contribution < 1.29 is 9.53 Å². The van der Waals surface area contributed by atoms with Gasteiger partial charge in [0.05, 0.1) is 23.0 Å². The summed E-state index contributed by atoms with van der Waals surface area (Å²) in [5, 5.41) is 7.34. The molecule has 0 saturated carbocycles. The topological polar surface area (TPSA) is 50.4 Å². The number of carbonyl (C=O) groups is 1. The van der Waals surface area contributed by atoms with Crippen molar-refractivity contribution in [2.75, 3.05) is 6.54 Å². The Morgan fingerprint density at radius 1 is 0.651 bits per heavy atom. The molecule has 1 unspecified atom stereocenters. The quantitative estimate of drug-likeness (QED) is 0.0842. The Morgan fingerprint density at radius 3 is 1.58 bits per heavy atom. The summed E-state index contributed by atoms with van der Waals surface area (Å²) in [5.74, 6) is -0.276. The molecule has 0 saturated heterocycles. The van der Waals surface area contributed by atoms with Crippen molar-refractivity contribution in [1.29, 1.82) is 0 Å². The van der Waals surface area contributed by atoms with Crippen LogP contribution in [0.3, 0.4) is 0 Å². The van der Waals surface area contributed by atoms with Crippen molar-refractivity contribution in [3.05, 3.63) is 179 Å². The molecule has 0 aliphatic rings. The lowest BCUT2D eigenvalue weighted by Crippen LogP contribution is -2.46. The van der Waals surface area contributed by atoms with Gasteiger partial charge in [0.2, 0.25) is 0 Å². The molecule has 0 spiro atoms. The molecule has 2 N–H and O–H groups in total. The zero-order valence-corrected chi connectivity index (χ0v) is 24.9. The molecule has 0 amide bonds. The Hall–Kier alpha value is -4.58. The molecular formula is C38H36N2O2S. The van der Waals surface area contributed by atoms with Crippen LogP contribution >= 0.6 is 12.2 Å². The standard InChI is InChI=1S/C38H36N2O2S/c41-37(42-29-30-16-6-1-7-17-30)28-35(31-18-8-2-9-19-31)40-36(43)26-27-39-38(32-20-10-3-11-21-32,33-22-12-4-13-23-33)34-24-14-5-15-25-34/h1-25,35,39H,26-29H2,(H,40,43). The van der Waals surface area contributed by atoms with Crippen LogP contribution in [0.2, 0.25) is 0 Å². The van der Waals surface area contributed by atoms with E-state index in [9.17, 15) is 4.79 Å². The fourth-order valence-electron chi connectivity index (χ4n) is 5.40. The van der Waals surface area contributed by atoms with Crippen molar-refractivity contribution in [3.8, 4) is 0 Å². The van der Waals surface area contributed by atoms with Crippen LogP contribution in [0.4, 0.5) is 0 Å². The minimum absolute atomic E-state index is 0.173. The van der Waals surface area contributed by atoms with Gasteiger partial charge in [-0.15, -0.1) is 0 Å². The molecule has 0 aliphatic carbocycles. The normalized spacial score (nSPS) is 11.8. The molecule has 5 aromatic carbocycles. The van der Waals surface area contributed by atoms with E-state index in [1.54, 1.807) is 0 Å². The average molecular weight is 585 g/mol. The number of rotatable bonds is 13. The summed E-state index contributed by atoms with van der Waals surface area (Å²) in [5.41, 5.74) is 4.82. The Balaban J connectivity index is 1.31. The van der Waals surface area contributed by atoms with Crippen LogP contribution in [0.1, 0.15) is 46.7 Å². The lowest BCUT2D eigenvalue weighted by Gasteiger charge is -2.37. The lowest BCUT2D eigenvalue weighted by molar-refractivity contribution is -0.145. The van der Waals surface area contributed by atoms with Gasteiger partial charge in [-0.3, -0.25) is 10.1 Å². The van der Waals surface area contributed by atoms with E-state index in [0.29, 0.717) is 18.0 Å². The maximum absolute atomic E-state index is 12.9. The molecule has 0 bridgehead atoms. The van der Waals surface area contributed by atoms with Crippen molar-refractivity contribution in [2.24, 2.45) is 0 Å². The number of hydrogen-bond acceptors (Lipinski definition) is 4. The van der Waals surface area contributed by atoms with Crippen molar-refractivity contribution in [1.82, 2.24) is 10.6 Å². The molecule has 43 heavy (non-hydrogen) atoms. The van der Waals surface area contributed by atoms with Gasteiger partial charge < -0.3 is 10.1 Å². The highest BCUT2D eigenvalue weighted by atomic mass is 32.1. The molecule has 216 valence electrons. The van der Waals surface area contributed by atoms with Gasteiger partial charge in [-0.25, -0.2) is 0 Å². The van der Waals surface area contributed by atoms with Gasteiger partial charge in [0, 0.05) is 13.0 Å². The highest BCUT2D eigenvalue weighted by molar-refractivity contribution is 7.80. The molecule has 0 aliphatic heterocycles. The number of benzene rings is 5. The second-order valence-electron chi connectivity index (χ2n) is 10.4. The lowest BCUT2D eigenvalue weighted by atomic mass is 9.77. The van der Waals surface area contributed by atoms with Gasteiger partial charge in [0.1, 0.15) is 6.61 Å². The molecule has 5 rings (SSSR count). The first-order valence-corrected chi connectivity index (χ1v) is 15.0. The van der Waals surface area contributed by atoms with E-state index in [-0.39, 0.29) is 25.0 Å². The third-order valence-electron chi connectivity index (χ3n) is 7.51. The molecule has 0 aromatic heterocycles. The zero-order valence-electron chi connectivity index (χ0n) is 24.1. The number of nitrogens with one attached hydrogen (secondary N) is 2. The maximum Gasteiger partial charge on any atom is 0.308 e. The van der Waals surface area contributed by atoms with Crippen LogP contribution in [0.25, 0.3) is 0 Å². The van der Waals surface area contributed by atoms with Gasteiger partial charge in [-0.1, -0.05) is 164 Å². The number of ether oxygens (including phenoxy) is 1. The summed E-state index contributed by atoms with van der Waals surface area (Å²) in [6, 6.07) is 50.9. The van der Waals surface area contributed by atoms with Gasteiger partial charge in [0.25, 0.3) is 0 Å². The molecule has 4 nitrogen and oxygen atoms in total. The number of esters is 1. The third kappa shape index (κ3) is 7.83. The molecule has 0 radical (unpaired) electrons. The minimum atomic E-state index is -0.570. The monoisotopic (exact) mass is 584 g/mol. The Kier molecular flexibility index (Phi) is 10.5. The zero-order chi connectivity index (χ0) is 29.7. The first-order valence-electron chi connectivity index (χ1n) is 14.6. The average Bonchev–Trinajstić information content (AvgIpc) is 3.07. The minimum Gasteiger partial charge on any atom is -0.461 e. The Labute approximate surface area is 259 Å². The predicted octanol–water partition coefficient (Wildman–Crippen LogP) is 7.75. The van der Waals surface area contributed by atoms with E-state index >= 15 is 0 Å². The fourth-order valence-corrected chi connectivity index (χ4v) is 5.65. The van der Waals surface area contributed by atoms with Gasteiger partial charge in [-0.05, 0) is 27.8 Å². The van der Waals surface area contributed by atoms with Gasteiger partial charge >= 0.3 is 5.97 Å². The summed E-state index contributed by atoms with van der Waals surface area (Å²) in [6.07, 6.45) is 0.762. The fraction of sp³-hybridized carbons (Fsp3) is 0.158. The maximum atomic E-state index is 12.9. The summed E-state index contributed by atoms with van der Waals surface area (Å²) >= 11 is 5.86. The highest BCUT2D eigenvalue weighted by Crippen LogP contribution is 2.36. The highest BCUT2D eigenvalue weighted by Gasteiger charge is 2.35. The molecule has 5 heteroatoms. The van der Waals surface area contributed by atoms with Gasteiger partial charge in [0.15, 0.2) is 0 Å². The van der Waals surface area contributed by atoms with Gasteiger partial charge in [-0.2, -0.15) is 0 Å².